The van der Waals surface area contributed by atoms with E-state index in [0.29, 0.717) is 6.54 Å². The van der Waals surface area contributed by atoms with E-state index in [9.17, 15) is 4.79 Å². The van der Waals surface area contributed by atoms with E-state index >= 15 is 0 Å². The van der Waals surface area contributed by atoms with Crippen LogP contribution in [0.5, 0.6) is 0 Å². The molecule has 0 radical (unpaired) electrons. The van der Waals surface area contributed by atoms with Crippen LogP contribution in [0.15, 0.2) is 6.20 Å². The largest absolute Gasteiger partial charge is 0.344 e. The van der Waals surface area contributed by atoms with E-state index in [-0.39, 0.29) is 18.5 Å². The molecule has 0 saturated heterocycles. The van der Waals surface area contributed by atoms with Crippen molar-refractivity contribution < 1.29 is 4.79 Å². The van der Waals surface area contributed by atoms with Crippen molar-refractivity contribution in [3.05, 3.63) is 17.5 Å². The number of hydrogen-bond donors (Lipinski definition) is 2. The Morgan fingerprint density at radius 1 is 1.67 bits per heavy atom. The zero-order valence-corrected chi connectivity index (χ0v) is 11.2. The molecule has 5 nitrogen and oxygen atoms in total. The summed E-state index contributed by atoms with van der Waals surface area (Å²) in [7, 11) is 1.89. The van der Waals surface area contributed by atoms with Gasteiger partial charge in [-0.3, -0.25) is 9.48 Å². The van der Waals surface area contributed by atoms with Crippen molar-refractivity contribution in [2.75, 3.05) is 6.54 Å². The van der Waals surface area contributed by atoms with E-state index in [2.05, 4.69) is 28.6 Å². The highest BCUT2D eigenvalue weighted by Crippen LogP contribution is 2.06. The fourth-order valence-corrected chi connectivity index (χ4v) is 1.68. The lowest BCUT2D eigenvalue weighted by Crippen LogP contribution is -2.41. The molecular formula is C13H20N4O. The van der Waals surface area contributed by atoms with Crippen LogP contribution in [0.3, 0.4) is 0 Å². The molecule has 2 N–H and O–H groups in total. The van der Waals surface area contributed by atoms with Crippen LogP contribution in [0.25, 0.3) is 0 Å². The van der Waals surface area contributed by atoms with Crippen LogP contribution in [0.2, 0.25) is 0 Å². The molecule has 1 atom stereocenters. The standard InChI is InChI=1S/C13H20N4O/c1-5-7-14-13(18)10(3)15-8-11-9-17(4)16-12(11)6-2/h1,9-10,15H,6-8H2,2-4H3,(H,14,18). The molecule has 98 valence electrons. The summed E-state index contributed by atoms with van der Waals surface area (Å²) >= 11 is 0. The molecule has 18 heavy (non-hydrogen) atoms. The van der Waals surface area contributed by atoms with Gasteiger partial charge < -0.3 is 10.6 Å². The quantitative estimate of drug-likeness (QED) is 0.708. The van der Waals surface area contributed by atoms with Gasteiger partial charge in [-0.2, -0.15) is 5.10 Å². The molecule has 0 fully saturated rings. The lowest BCUT2D eigenvalue weighted by molar-refractivity contribution is -0.122. The van der Waals surface area contributed by atoms with Gasteiger partial charge in [0.15, 0.2) is 0 Å². The van der Waals surface area contributed by atoms with Crippen molar-refractivity contribution >= 4 is 5.91 Å². The fourth-order valence-electron chi connectivity index (χ4n) is 1.68. The number of rotatable bonds is 6. The molecule has 0 aliphatic rings. The first kappa shape index (κ1) is 14.3. The highest BCUT2D eigenvalue weighted by atomic mass is 16.2. The SMILES string of the molecule is C#CCNC(=O)C(C)NCc1cn(C)nc1CC. The molecule has 1 rings (SSSR count). The summed E-state index contributed by atoms with van der Waals surface area (Å²) < 4.78 is 1.79. The van der Waals surface area contributed by atoms with Gasteiger partial charge in [-0.25, -0.2) is 0 Å². The van der Waals surface area contributed by atoms with Crippen molar-refractivity contribution in [3.8, 4) is 12.3 Å². The van der Waals surface area contributed by atoms with Crippen molar-refractivity contribution in [2.24, 2.45) is 7.05 Å². The summed E-state index contributed by atoms with van der Waals surface area (Å²) in [5.41, 5.74) is 2.18. The van der Waals surface area contributed by atoms with Gasteiger partial charge in [-0.15, -0.1) is 6.42 Å². The minimum Gasteiger partial charge on any atom is -0.344 e. The molecule has 1 heterocycles. The van der Waals surface area contributed by atoms with E-state index in [1.807, 2.05) is 20.2 Å². The van der Waals surface area contributed by atoms with E-state index in [1.54, 1.807) is 4.68 Å². The van der Waals surface area contributed by atoms with Crippen LogP contribution < -0.4 is 10.6 Å². The van der Waals surface area contributed by atoms with Gasteiger partial charge in [0.05, 0.1) is 18.3 Å². The van der Waals surface area contributed by atoms with Gasteiger partial charge in [0, 0.05) is 25.4 Å². The number of aromatic nitrogens is 2. The molecule has 5 heteroatoms. The molecule has 0 spiro atoms. The number of amides is 1. The zero-order valence-electron chi connectivity index (χ0n) is 11.2. The highest BCUT2D eigenvalue weighted by Gasteiger charge is 2.12. The van der Waals surface area contributed by atoms with Gasteiger partial charge in [-0.1, -0.05) is 12.8 Å². The van der Waals surface area contributed by atoms with Crippen LogP contribution in [0.1, 0.15) is 25.1 Å². The van der Waals surface area contributed by atoms with Gasteiger partial charge in [0.25, 0.3) is 0 Å². The average Bonchev–Trinajstić information content (AvgIpc) is 2.73. The van der Waals surface area contributed by atoms with Crippen molar-refractivity contribution in [2.45, 2.75) is 32.9 Å². The zero-order chi connectivity index (χ0) is 13.5. The summed E-state index contributed by atoms with van der Waals surface area (Å²) in [5.74, 6) is 2.29. The Balaban J connectivity index is 2.49. The lowest BCUT2D eigenvalue weighted by Gasteiger charge is -2.12. The molecule has 1 unspecified atom stereocenters. The predicted octanol–water partition coefficient (Wildman–Crippen LogP) is 0.210. The molecule has 0 aliphatic heterocycles. The molecule has 1 amide bonds. The summed E-state index contributed by atoms with van der Waals surface area (Å²) in [6.07, 6.45) is 7.94. The molecule has 1 aromatic heterocycles. The Morgan fingerprint density at radius 3 is 3.00 bits per heavy atom. The molecule has 1 aromatic rings. The number of nitrogens with zero attached hydrogens (tertiary/aromatic N) is 2. The minimum atomic E-state index is -0.275. The van der Waals surface area contributed by atoms with E-state index < -0.39 is 0 Å². The van der Waals surface area contributed by atoms with Crippen molar-refractivity contribution in [1.29, 1.82) is 0 Å². The maximum atomic E-state index is 11.6. The molecular weight excluding hydrogens is 228 g/mol. The monoisotopic (exact) mass is 248 g/mol. The van der Waals surface area contributed by atoms with Gasteiger partial charge in [0.2, 0.25) is 5.91 Å². The third-order valence-electron chi connectivity index (χ3n) is 2.68. The van der Waals surface area contributed by atoms with Crippen molar-refractivity contribution in [1.82, 2.24) is 20.4 Å². The van der Waals surface area contributed by atoms with E-state index in [0.717, 1.165) is 17.7 Å². The maximum absolute atomic E-state index is 11.6. The number of terminal acetylenes is 1. The smallest absolute Gasteiger partial charge is 0.237 e. The Hall–Kier alpha value is -1.80. The highest BCUT2D eigenvalue weighted by molar-refractivity contribution is 5.81. The Morgan fingerprint density at radius 2 is 2.39 bits per heavy atom. The first-order chi connectivity index (χ1) is 8.58. The Labute approximate surface area is 108 Å². The fraction of sp³-hybridized carbons (Fsp3) is 0.538. The van der Waals surface area contributed by atoms with Gasteiger partial charge in [-0.05, 0) is 13.3 Å². The molecule has 0 aromatic carbocycles. The van der Waals surface area contributed by atoms with E-state index in [4.69, 9.17) is 6.42 Å². The Bertz CT molecular complexity index is 444. The third-order valence-corrected chi connectivity index (χ3v) is 2.68. The predicted molar refractivity (Wildman–Crippen MR) is 70.7 cm³/mol. The van der Waals surface area contributed by atoms with Gasteiger partial charge >= 0.3 is 0 Å². The minimum absolute atomic E-state index is 0.0881. The Kier molecular flexibility index (Phi) is 5.40. The van der Waals surface area contributed by atoms with Crippen LogP contribution >= 0.6 is 0 Å². The molecule has 0 bridgehead atoms. The number of aryl methyl sites for hydroxylation is 2. The van der Waals surface area contributed by atoms with Crippen LogP contribution in [-0.4, -0.2) is 28.3 Å². The summed E-state index contributed by atoms with van der Waals surface area (Å²) in [6, 6.07) is -0.275. The summed E-state index contributed by atoms with van der Waals surface area (Å²) in [6.45, 7) is 4.77. The molecule has 0 aliphatic carbocycles. The first-order valence-electron chi connectivity index (χ1n) is 6.04. The average molecular weight is 248 g/mol. The number of carbonyl (C=O) groups is 1. The maximum Gasteiger partial charge on any atom is 0.237 e. The lowest BCUT2D eigenvalue weighted by atomic mass is 10.2. The van der Waals surface area contributed by atoms with E-state index in [1.165, 1.54) is 0 Å². The first-order valence-corrected chi connectivity index (χ1v) is 6.04. The third kappa shape index (κ3) is 3.90. The van der Waals surface area contributed by atoms with Crippen LogP contribution in [0.4, 0.5) is 0 Å². The second kappa shape index (κ2) is 6.82. The normalized spacial score (nSPS) is 11.9. The van der Waals surface area contributed by atoms with Crippen LogP contribution in [-0.2, 0) is 24.8 Å². The second-order valence-corrected chi connectivity index (χ2v) is 4.15. The van der Waals surface area contributed by atoms with Crippen molar-refractivity contribution in [3.63, 3.8) is 0 Å². The second-order valence-electron chi connectivity index (χ2n) is 4.15. The number of nitrogens with one attached hydrogen (secondary N) is 2. The number of carbonyl (C=O) groups excluding carboxylic acids is 1. The topological polar surface area (TPSA) is 59.0 Å². The number of hydrogen-bond acceptors (Lipinski definition) is 3. The van der Waals surface area contributed by atoms with Gasteiger partial charge in [0.1, 0.15) is 0 Å². The summed E-state index contributed by atoms with van der Waals surface area (Å²) in [4.78, 5) is 11.6. The summed E-state index contributed by atoms with van der Waals surface area (Å²) in [5, 5.41) is 10.2. The van der Waals surface area contributed by atoms with Crippen LogP contribution in [0, 0.1) is 12.3 Å². The molecule has 0 saturated carbocycles.